The highest BCUT2D eigenvalue weighted by Gasteiger charge is 2.53. The molecule has 2 saturated heterocycles. The smallest absolute Gasteiger partial charge is 0.247 e. The molecule has 45 heavy (non-hydrogen) atoms. The van der Waals surface area contributed by atoms with E-state index in [2.05, 4.69) is 10.8 Å². The molecule has 4 aliphatic rings. The van der Waals surface area contributed by atoms with Gasteiger partial charge in [-0.25, -0.2) is 0 Å². The number of nitrogens with one attached hydrogen (secondary N) is 2. The second-order valence-electron chi connectivity index (χ2n) is 11.2. The summed E-state index contributed by atoms with van der Waals surface area (Å²) in [5.41, 5.74) is 5.20. The third-order valence-corrected chi connectivity index (χ3v) is 8.04. The molecule has 242 valence electrons. The Kier molecular flexibility index (Phi) is 9.14. The van der Waals surface area contributed by atoms with Gasteiger partial charge >= 0.3 is 0 Å². The van der Waals surface area contributed by atoms with E-state index in [-0.39, 0.29) is 26.6 Å². The number of hydrogen-bond acceptors (Lipinski definition) is 13. The zero-order valence-corrected chi connectivity index (χ0v) is 24.6. The summed E-state index contributed by atoms with van der Waals surface area (Å²) in [6.07, 6.45) is -5.51. The van der Waals surface area contributed by atoms with E-state index in [1.54, 1.807) is 44.2 Å². The van der Waals surface area contributed by atoms with Crippen molar-refractivity contribution in [2.24, 2.45) is 0 Å². The van der Waals surface area contributed by atoms with E-state index in [1.165, 1.54) is 0 Å². The number of carbonyl (C=O) groups is 1. The van der Waals surface area contributed by atoms with Gasteiger partial charge in [0.2, 0.25) is 19.0 Å². The molecular formula is C31H36N2O12. The van der Waals surface area contributed by atoms with Crippen LogP contribution in [0.3, 0.4) is 0 Å². The molecule has 14 heteroatoms. The Balaban J connectivity index is 0.994. The van der Waals surface area contributed by atoms with Gasteiger partial charge < -0.3 is 54.2 Å². The highest BCUT2D eigenvalue weighted by molar-refractivity contribution is 5.97. The summed E-state index contributed by atoms with van der Waals surface area (Å²) in [7, 11) is 0. The van der Waals surface area contributed by atoms with E-state index >= 15 is 0 Å². The van der Waals surface area contributed by atoms with E-state index in [9.17, 15) is 25.2 Å². The lowest BCUT2D eigenvalue weighted by atomic mass is 9.83. The Bertz CT molecular complexity index is 1450. The number of ether oxygens (including phenoxy) is 6. The van der Waals surface area contributed by atoms with Crippen molar-refractivity contribution in [1.29, 1.82) is 0 Å². The first-order valence-corrected chi connectivity index (χ1v) is 14.5. The Morgan fingerprint density at radius 1 is 0.933 bits per heavy atom. The fourth-order valence-electron chi connectivity index (χ4n) is 5.61. The quantitative estimate of drug-likeness (QED) is 0.167. The Hall–Kier alpha value is -3.89. The molecule has 6 N–H and O–H groups in total. The van der Waals surface area contributed by atoms with Crippen LogP contribution in [0.15, 0.2) is 59.5 Å². The van der Waals surface area contributed by atoms with Gasteiger partial charge in [0, 0.05) is 5.57 Å². The van der Waals surface area contributed by atoms with E-state index in [0.29, 0.717) is 39.8 Å². The molecule has 1 aliphatic carbocycles. The highest BCUT2D eigenvalue weighted by Crippen LogP contribution is 2.33. The highest BCUT2D eigenvalue weighted by atomic mass is 16.7. The second-order valence-corrected chi connectivity index (χ2v) is 11.2. The van der Waals surface area contributed by atoms with Crippen LogP contribution in [0.25, 0.3) is 6.08 Å². The number of fused-ring (bicyclic) bond motifs is 2. The van der Waals surface area contributed by atoms with Crippen molar-refractivity contribution >= 4 is 12.0 Å². The molecule has 6 rings (SSSR count). The maximum Gasteiger partial charge on any atom is 0.247 e. The average molecular weight is 629 g/mol. The van der Waals surface area contributed by atoms with E-state index in [0.717, 1.165) is 5.56 Å². The van der Waals surface area contributed by atoms with Gasteiger partial charge in [-0.3, -0.25) is 15.1 Å². The normalized spacial score (nSPS) is 31.6. The third-order valence-electron chi connectivity index (χ3n) is 8.04. The van der Waals surface area contributed by atoms with Gasteiger partial charge in [-0.05, 0) is 55.3 Å². The van der Waals surface area contributed by atoms with Crippen molar-refractivity contribution in [2.75, 3.05) is 13.6 Å². The first-order chi connectivity index (χ1) is 21.7. The van der Waals surface area contributed by atoms with Gasteiger partial charge in [0.25, 0.3) is 0 Å². The first kappa shape index (κ1) is 31.1. The van der Waals surface area contributed by atoms with Gasteiger partial charge in [0.05, 0.1) is 24.8 Å². The zero-order valence-electron chi connectivity index (χ0n) is 24.6. The predicted octanol–water partition coefficient (Wildman–Crippen LogP) is 0.580. The van der Waals surface area contributed by atoms with Crippen LogP contribution in [0.4, 0.5) is 0 Å². The molecule has 0 aromatic heterocycles. The van der Waals surface area contributed by atoms with E-state index in [4.69, 9.17) is 33.3 Å². The zero-order chi connectivity index (χ0) is 31.7. The van der Waals surface area contributed by atoms with Crippen LogP contribution in [-0.4, -0.2) is 88.9 Å². The monoisotopic (exact) mass is 628 g/mol. The van der Waals surface area contributed by atoms with Crippen molar-refractivity contribution in [2.45, 2.75) is 75.8 Å². The van der Waals surface area contributed by atoms with Gasteiger partial charge in [0.15, 0.2) is 17.3 Å². The molecule has 3 aliphatic heterocycles. The summed E-state index contributed by atoms with van der Waals surface area (Å²) in [5, 5.41) is 44.5. The number of aliphatic hydroxyl groups excluding tert-OH is 4. The summed E-state index contributed by atoms with van der Waals surface area (Å²) in [6.45, 7) is 3.65. The van der Waals surface area contributed by atoms with Crippen LogP contribution in [0.2, 0.25) is 0 Å². The van der Waals surface area contributed by atoms with Crippen molar-refractivity contribution in [1.82, 2.24) is 10.8 Å². The summed E-state index contributed by atoms with van der Waals surface area (Å²) >= 11 is 0. The van der Waals surface area contributed by atoms with E-state index in [1.807, 2.05) is 18.2 Å². The SMILES string of the molecule is CC(=Cc1ccc(O[C@H]2C[C@H](O)C(=C(C)NOCc3ccc4c(c3)OCO4)O2)cc1)C(=O)N[C@@H]1[C@H](O)[C@@H](O)[C@H]2OCO[C@H]2[C@@H]1O. The number of amides is 1. The van der Waals surface area contributed by atoms with Gasteiger partial charge in [-0.1, -0.05) is 18.2 Å². The standard InChI is InChI=1S/C31H36N2O12/c1-15(31(38)32-24-25(35)27(37)30-29(26(24)36)41-14-42-30)9-17-3-6-19(7-4-17)44-23-11-20(34)28(45-23)16(2)33-43-12-18-5-8-21-22(10-18)40-13-39-21/h3-10,20,23-27,29-30,33-37H,11-14H2,1-2H3,(H,32,38)/t20-,23+,24+,25-,26+,27+,29-,30+/m0/s1. The minimum absolute atomic E-state index is 0.114. The molecule has 2 aromatic carbocycles. The van der Waals surface area contributed by atoms with Crippen molar-refractivity contribution in [3.8, 4) is 17.2 Å². The molecule has 3 heterocycles. The van der Waals surface area contributed by atoms with Crippen molar-refractivity contribution < 1.29 is 58.5 Å². The van der Waals surface area contributed by atoms with Crippen LogP contribution >= 0.6 is 0 Å². The molecule has 2 aromatic rings. The molecule has 0 radical (unpaired) electrons. The Morgan fingerprint density at radius 2 is 1.67 bits per heavy atom. The fraction of sp³-hybridized carbons (Fsp3) is 0.452. The molecule has 0 unspecified atom stereocenters. The maximum absolute atomic E-state index is 12.8. The van der Waals surface area contributed by atoms with Gasteiger partial charge in [0.1, 0.15) is 49.2 Å². The van der Waals surface area contributed by atoms with Crippen molar-refractivity contribution in [3.63, 3.8) is 0 Å². The van der Waals surface area contributed by atoms with E-state index < -0.39 is 54.9 Å². The molecule has 14 nitrogen and oxygen atoms in total. The van der Waals surface area contributed by atoms with Crippen LogP contribution < -0.4 is 25.0 Å². The summed E-state index contributed by atoms with van der Waals surface area (Å²) in [6, 6.07) is 11.3. The number of hydrogen-bond donors (Lipinski definition) is 6. The lowest BCUT2D eigenvalue weighted by Crippen LogP contribution is -2.67. The van der Waals surface area contributed by atoms with Crippen LogP contribution in [0.5, 0.6) is 17.2 Å². The Labute approximate surface area is 258 Å². The minimum atomic E-state index is -1.43. The summed E-state index contributed by atoms with van der Waals surface area (Å²) in [4.78, 5) is 18.4. The average Bonchev–Trinajstić information content (AvgIpc) is 3.79. The van der Waals surface area contributed by atoms with Gasteiger partial charge in [-0.15, -0.1) is 0 Å². The topological polar surface area (TPSA) is 187 Å². The third kappa shape index (κ3) is 6.72. The fourth-order valence-corrected chi connectivity index (χ4v) is 5.61. The maximum atomic E-state index is 12.8. The van der Waals surface area contributed by atoms with Crippen LogP contribution in [0.1, 0.15) is 31.4 Å². The number of aliphatic hydroxyl groups is 4. The Morgan fingerprint density at radius 3 is 2.44 bits per heavy atom. The lowest BCUT2D eigenvalue weighted by molar-refractivity contribution is -0.155. The molecule has 0 bridgehead atoms. The van der Waals surface area contributed by atoms with Crippen LogP contribution in [-0.2, 0) is 30.4 Å². The number of carbonyl (C=O) groups excluding carboxylic acids is 1. The molecule has 1 saturated carbocycles. The number of hydroxylamine groups is 1. The largest absolute Gasteiger partial charge is 0.455 e. The minimum Gasteiger partial charge on any atom is -0.455 e. The number of benzene rings is 2. The summed E-state index contributed by atoms with van der Waals surface area (Å²) in [5.74, 6) is 1.64. The number of rotatable bonds is 9. The van der Waals surface area contributed by atoms with Crippen LogP contribution in [0, 0.1) is 0 Å². The predicted molar refractivity (Wildman–Crippen MR) is 154 cm³/mol. The molecular weight excluding hydrogens is 592 g/mol. The number of allylic oxidation sites excluding steroid dienone is 1. The van der Waals surface area contributed by atoms with Crippen molar-refractivity contribution in [3.05, 3.63) is 70.6 Å². The van der Waals surface area contributed by atoms with Gasteiger partial charge in [-0.2, -0.15) is 0 Å². The first-order valence-electron chi connectivity index (χ1n) is 14.5. The molecule has 8 atom stereocenters. The molecule has 3 fully saturated rings. The molecule has 1 amide bonds. The summed E-state index contributed by atoms with van der Waals surface area (Å²) < 4.78 is 33.0. The second kappa shape index (κ2) is 13.2. The lowest BCUT2D eigenvalue weighted by Gasteiger charge is -2.41. The molecule has 0 spiro atoms.